The molecule has 6 nitrogen and oxygen atoms in total. The monoisotopic (exact) mass is 374 g/mol. The molecule has 6 heteroatoms. The standard InChI is InChI=1S/C22H22N4O2/c1-14-5-4-6-15(2)21(14)26-22(28)17-11-12-23-20(13-17)25-19-9-7-18(8-10-19)24-16(3)27/h4-13H,1-3H3,(H,23,25)(H,24,27)(H,26,28). The topological polar surface area (TPSA) is 83.1 Å². The van der Waals surface area contributed by atoms with Gasteiger partial charge in [0, 0.05) is 35.7 Å². The molecule has 0 bridgehead atoms. The Bertz CT molecular complexity index is 993. The fourth-order valence-corrected chi connectivity index (χ4v) is 2.83. The summed E-state index contributed by atoms with van der Waals surface area (Å²) in [5.74, 6) is 0.246. The fourth-order valence-electron chi connectivity index (χ4n) is 2.83. The number of hydrogen-bond acceptors (Lipinski definition) is 4. The molecular weight excluding hydrogens is 352 g/mol. The SMILES string of the molecule is CC(=O)Nc1ccc(Nc2cc(C(=O)Nc3c(C)cccc3C)ccn2)cc1. The van der Waals surface area contributed by atoms with E-state index in [0.29, 0.717) is 17.1 Å². The number of para-hydroxylation sites is 1. The number of nitrogens with one attached hydrogen (secondary N) is 3. The highest BCUT2D eigenvalue weighted by Crippen LogP contribution is 2.22. The minimum atomic E-state index is -0.191. The van der Waals surface area contributed by atoms with Crippen molar-refractivity contribution in [2.45, 2.75) is 20.8 Å². The van der Waals surface area contributed by atoms with Crippen LogP contribution in [0.5, 0.6) is 0 Å². The number of aryl methyl sites for hydroxylation is 2. The summed E-state index contributed by atoms with van der Waals surface area (Å²) in [6.45, 7) is 5.39. The van der Waals surface area contributed by atoms with Crippen molar-refractivity contribution in [3.05, 3.63) is 77.5 Å². The van der Waals surface area contributed by atoms with Gasteiger partial charge in [0.2, 0.25) is 5.91 Å². The summed E-state index contributed by atoms with van der Waals surface area (Å²) >= 11 is 0. The first-order chi connectivity index (χ1) is 13.4. The molecule has 3 N–H and O–H groups in total. The Morgan fingerprint density at radius 1 is 0.857 bits per heavy atom. The number of carbonyl (C=O) groups excluding carboxylic acids is 2. The lowest BCUT2D eigenvalue weighted by Gasteiger charge is -2.12. The van der Waals surface area contributed by atoms with Crippen LogP contribution >= 0.6 is 0 Å². The first kappa shape index (κ1) is 19.1. The van der Waals surface area contributed by atoms with Crippen molar-refractivity contribution in [3.8, 4) is 0 Å². The van der Waals surface area contributed by atoms with E-state index in [1.807, 2.05) is 44.2 Å². The number of benzene rings is 2. The Balaban J connectivity index is 1.73. The number of hydrogen-bond donors (Lipinski definition) is 3. The van der Waals surface area contributed by atoms with E-state index in [2.05, 4.69) is 20.9 Å². The van der Waals surface area contributed by atoms with Crippen LogP contribution in [0.3, 0.4) is 0 Å². The maximum atomic E-state index is 12.7. The first-order valence-corrected chi connectivity index (χ1v) is 8.90. The Hall–Kier alpha value is -3.67. The summed E-state index contributed by atoms with van der Waals surface area (Å²) in [6.07, 6.45) is 1.59. The molecule has 0 spiro atoms. The van der Waals surface area contributed by atoms with Crippen LogP contribution in [0.15, 0.2) is 60.8 Å². The van der Waals surface area contributed by atoms with Crippen LogP contribution in [0.25, 0.3) is 0 Å². The second-order valence-electron chi connectivity index (χ2n) is 6.53. The molecule has 3 rings (SSSR count). The van der Waals surface area contributed by atoms with Gasteiger partial charge in [-0.3, -0.25) is 9.59 Å². The molecule has 0 radical (unpaired) electrons. The van der Waals surface area contributed by atoms with E-state index < -0.39 is 0 Å². The minimum Gasteiger partial charge on any atom is -0.340 e. The van der Waals surface area contributed by atoms with Crippen LogP contribution in [-0.2, 0) is 4.79 Å². The zero-order valence-corrected chi connectivity index (χ0v) is 16.0. The van der Waals surface area contributed by atoms with Crippen LogP contribution in [0, 0.1) is 13.8 Å². The molecule has 0 aliphatic carbocycles. The maximum absolute atomic E-state index is 12.7. The third-order valence-electron chi connectivity index (χ3n) is 4.22. The maximum Gasteiger partial charge on any atom is 0.255 e. The molecule has 0 fully saturated rings. The lowest BCUT2D eigenvalue weighted by Crippen LogP contribution is -2.14. The molecule has 142 valence electrons. The van der Waals surface area contributed by atoms with Gasteiger partial charge in [-0.1, -0.05) is 18.2 Å². The van der Waals surface area contributed by atoms with Gasteiger partial charge >= 0.3 is 0 Å². The second kappa shape index (κ2) is 8.35. The van der Waals surface area contributed by atoms with E-state index in [-0.39, 0.29) is 11.8 Å². The van der Waals surface area contributed by atoms with E-state index in [1.165, 1.54) is 6.92 Å². The molecule has 28 heavy (non-hydrogen) atoms. The molecule has 0 unspecified atom stereocenters. The predicted octanol–water partition coefficient (Wildman–Crippen LogP) is 4.65. The molecule has 0 atom stereocenters. The quantitative estimate of drug-likeness (QED) is 0.607. The highest BCUT2D eigenvalue weighted by Gasteiger charge is 2.11. The summed E-state index contributed by atoms with van der Waals surface area (Å²) in [6, 6.07) is 16.5. The number of carbonyl (C=O) groups is 2. The fraction of sp³-hybridized carbons (Fsp3) is 0.136. The van der Waals surface area contributed by atoms with Crippen LogP contribution in [0.1, 0.15) is 28.4 Å². The average Bonchev–Trinajstić information content (AvgIpc) is 2.66. The van der Waals surface area contributed by atoms with Gasteiger partial charge in [-0.2, -0.15) is 0 Å². The van der Waals surface area contributed by atoms with Crippen molar-refractivity contribution >= 4 is 34.7 Å². The van der Waals surface area contributed by atoms with Gasteiger partial charge < -0.3 is 16.0 Å². The summed E-state index contributed by atoms with van der Waals surface area (Å²) < 4.78 is 0. The Morgan fingerprint density at radius 3 is 2.14 bits per heavy atom. The number of amides is 2. The van der Waals surface area contributed by atoms with Gasteiger partial charge in [-0.25, -0.2) is 4.98 Å². The molecule has 2 aromatic carbocycles. The number of pyridine rings is 1. The van der Waals surface area contributed by atoms with Gasteiger partial charge in [-0.05, 0) is 61.4 Å². The minimum absolute atomic E-state index is 0.120. The molecular formula is C22H22N4O2. The van der Waals surface area contributed by atoms with Crippen molar-refractivity contribution < 1.29 is 9.59 Å². The van der Waals surface area contributed by atoms with Crippen molar-refractivity contribution in [1.29, 1.82) is 0 Å². The Kier molecular flexibility index (Phi) is 5.69. The average molecular weight is 374 g/mol. The third-order valence-corrected chi connectivity index (χ3v) is 4.22. The van der Waals surface area contributed by atoms with Crippen molar-refractivity contribution in [3.63, 3.8) is 0 Å². The van der Waals surface area contributed by atoms with Crippen LogP contribution in [0.4, 0.5) is 22.9 Å². The third kappa shape index (κ3) is 4.73. The normalized spacial score (nSPS) is 10.2. The van der Waals surface area contributed by atoms with Crippen molar-refractivity contribution in [2.75, 3.05) is 16.0 Å². The van der Waals surface area contributed by atoms with E-state index in [4.69, 9.17) is 0 Å². The van der Waals surface area contributed by atoms with E-state index in [0.717, 1.165) is 22.5 Å². The highest BCUT2D eigenvalue weighted by molar-refractivity contribution is 6.05. The zero-order chi connectivity index (χ0) is 20.1. The molecule has 2 amide bonds. The van der Waals surface area contributed by atoms with Crippen molar-refractivity contribution in [1.82, 2.24) is 4.98 Å². The second-order valence-corrected chi connectivity index (χ2v) is 6.53. The summed E-state index contributed by atoms with van der Waals surface area (Å²) in [7, 11) is 0. The number of nitrogens with zero attached hydrogens (tertiary/aromatic N) is 1. The summed E-state index contributed by atoms with van der Waals surface area (Å²) in [4.78, 5) is 28.0. The summed E-state index contributed by atoms with van der Waals surface area (Å²) in [5.41, 5.74) is 4.88. The van der Waals surface area contributed by atoms with Gasteiger partial charge in [0.15, 0.2) is 0 Å². The molecule has 0 saturated heterocycles. The first-order valence-electron chi connectivity index (χ1n) is 8.90. The van der Waals surface area contributed by atoms with Gasteiger partial charge in [0.1, 0.15) is 5.82 Å². The largest absolute Gasteiger partial charge is 0.340 e. The van der Waals surface area contributed by atoms with Crippen LogP contribution in [-0.4, -0.2) is 16.8 Å². The number of aromatic nitrogens is 1. The lowest BCUT2D eigenvalue weighted by molar-refractivity contribution is -0.114. The summed E-state index contributed by atoms with van der Waals surface area (Å²) in [5, 5.41) is 8.86. The zero-order valence-electron chi connectivity index (χ0n) is 16.0. The lowest BCUT2D eigenvalue weighted by atomic mass is 10.1. The van der Waals surface area contributed by atoms with Gasteiger partial charge in [-0.15, -0.1) is 0 Å². The van der Waals surface area contributed by atoms with E-state index >= 15 is 0 Å². The number of anilines is 4. The predicted molar refractivity (Wildman–Crippen MR) is 112 cm³/mol. The number of rotatable bonds is 5. The molecule has 1 aromatic heterocycles. The van der Waals surface area contributed by atoms with Crippen LogP contribution in [0.2, 0.25) is 0 Å². The molecule has 0 saturated carbocycles. The van der Waals surface area contributed by atoms with E-state index in [1.54, 1.807) is 30.5 Å². The van der Waals surface area contributed by atoms with Gasteiger partial charge in [0.25, 0.3) is 5.91 Å². The molecule has 0 aliphatic heterocycles. The van der Waals surface area contributed by atoms with E-state index in [9.17, 15) is 9.59 Å². The molecule has 1 heterocycles. The van der Waals surface area contributed by atoms with Crippen molar-refractivity contribution in [2.24, 2.45) is 0 Å². The Labute approximate surface area is 164 Å². The highest BCUT2D eigenvalue weighted by atomic mass is 16.2. The molecule has 3 aromatic rings. The molecule has 0 aliphatic rings. The smallest absolute Gasteiger partial charge is 0.255 e. The van der Waals surface area contributed by atoms with Crippen LogP contribution < -0.4 is 16.0 Å². The van der Waals surface area contributed by atoms with Gasteiger partial charge in [0.05, 0.1) is 0 Å². The Morgan fingerprint density at radius 2 is 1.50 bits per heavy atom.